The summed E-state index contributed by atoms with van der Waals surface area (Å²) < 4.78 is 27.8. The predicted octanol–water partition coefficient (Wildman–Crippen LogP) is 2.78. The molecule has 25 heavy (non-hydrogen) atoms. The average molecular weight is 379 g/mol. The van der Waals surface area contributed by atoms with Gasteiger partial charge in [-0.05, 0) is 49.8 Å². The van der Waals surface area contributed by atoms with E-state index >= 15 is 0 Å². The zero-order chi connectivity index (χ0) is 18.2. The number of thiophene rings is 1. The lowest BCUT2D eigenvalue weighted by Crippen LogP contribution is -2.55. The Hall–Kier alpha value is -1.70. The van der Waals surface area contributed by atoms with Crippen molar-refractivity contribution in [3.63, 3.8) is 0 Å². The first-order valence-corrected chi connectivity index (χ1v) is 10.4. The summed E-state index contributed by atoms with van der Waals surface area (Å²) in [4.78, 5) is 12.8. The van der Waals surface area contributed by atoms with E-state index in [1.807, 2.05) is 45.0 Å². The van der Waals surface area contributed by atoms with Crippen molar-refractivity contribution in [2.24, 2.45) is 0 Å². The second-order valence-corrected chi connectivity index (χ2v) is 10.3. The molecule has 2 heterocycles. The number of hydrogen-bond donors (Lipinski definition) is 1. The molecular formula is C18H22N2O3S2. The second kappa shape index (κ2) is 6.55. The van der Waals surface area contributed by atoms with Crippen molar-refractivity contribution in [3.05, 3.63) is 52.9 Å². The maximum Gasteiger partial charge on any atom is 0.253 e. The molecule has 3 rings (SSSR count). The Morgan fingerprint density at radius 3 is 2.44 bits per heavy atom. The van der Waals surface area contributed by atoms with Crippen molar-refractivity contribution in [1.29, 1.82) is 0 Å². The van der Waals surface area contributed by atoms with E-state index in [2.05, 4.69) is 5.32 Å². The van der Waals surface area contributed by atoms with E-state index in [4.69, 9.17) is 0 Å². The van der Waals surface area contributed by atoms with Crippen LogP contribution >= 0.6 is 11.3 Å². The Balaban J connectivity index is 2.02. The molecule has 0 saturated heterocycles. The Bertz CT molecular complexity index is 868. The van der Waals surface area contributed by atoms with Crippen molar-refractivity contribution in [2.75, 3.05) is 0 Å². The van der Waals surface area contributed by atoms with Crippen LogP contribution in [0.5, 0.6) is 0 Å². The van der Waals surface area contributed by atoms with E-state index in [1.165, 1.54) is 15.6 Å². The van der Waals surface area contributed by atoms with Gasteiger partial charge in [0.1, 0.15) is 10.3 Å². The minimum absolute atomic E-state index is 0.207. The van der Waals surface area contributed by atoms with Gasteiger partial charge in [0, 0.05) is 12.1 Å². The normalized spacial score (nSPS) is 18.6. The highest BCUT2D eigenvalue weighted by Crippen LogP contribution is 2.31. The molecule has 2 aromatic rings. The molecule has 0 spiro atoms. The molecule has 5 nitrogen and oxygen atoms in total. The number of amides is 1. The molecule has 0 bridgehead atoms. The van der Waals surface area contributed by atoms with E-state index in [9.17, 15) is 13.2 Å². The summed E-state index contributed by atoms with van der Waals surface area (Å²) in [6, 6.07) is 10.2. The second-order valence-electron chi connectivity index (χ2n) is 7.21. The number of nitrogens with zero attached hydrogens (tertiary/aromatic N) is 1. The summed E-state index contributed by atoms with van der Waals surface area (Å²) in [5.74, 6) is -0.262. The molecule has 1 N–H and O–H groups in total. The molecule has 0 saturated carbocycles. The van der Waals surface area contributed by atoms with Crippen LogP contribution in [0.3, 0.4) is 0 Å². The fourth-order valence-corrected chi connectivity index (χ4v) is 5.64. The maximum absolute atomic E-state index is 13.1. The molecule has 1 aromatic heterocycles. The van der Waals surface area contributed by atoms with Gasteiger partial charge >= 0.3 is 0 Å². The Kier molecular flexibility index (Phi) is 4.74. The summed E-state index contributed by atoms with van der Waals surface area (Å²) in [7, 11) is -3.72. The lowest BCUT2D eigenvalue weighted by Gasteiger charge is -2.36. The van der Waals surface area contributed by atoms with Gasteiger partial charge in [0.05, 0.1) is 0 Å². The van der Waals surface area contributed by atoms with E-state index in [1.54, 1.807) is 17.5 Å². The molecule has 1 atom stereocenters. The largest absolute Gasteiger partial charge is 0.350 e. The van der Waals surface area contributed by atoms with Crippen LogP contribution in [0.2, 0.25) is 0 Å². The summed E-state index contributed by atoms with van der Waals surface area (Å²) in [6.45, 7) is 5.87. The topological polar surface area (TPSA) is 66.5 Å². The number of sulfonamides is 1. The van der Waals surface area contributed by atoms with E-state index in [0.29, 0.717) is 6.42 Å². The zero-order valence-electron chi connectivity index (χ0n) is 14.5. The molecular weight excluding hydrogens is 356 g/mol. The number of hydrogen-bond acceptors (Lipinski definition) is 4. The number of rotatable bonds is 3. The quantitative estimate of drug-likeness (QED) is 0.893. The van der Waals surface area contributed by atoms with Gasteiger partial charge in [-0.2, -0.15) is 4.31 Å². The van der Waals surface area contributed by atoms with Crippen LogP contribution in [-0.2, 0) is 27.8 Å². The summed E-state index contributed by atoms with van der Waals surface area (Å²) in [5, 5.41) is 4.66. The van der Waals surface area contributed by atoms with Crippen LogP contribution in [0.4, 0.5) is 0 Å². The lowest BCUT2D eigenvalue weighted by atomic mass is 9.95. The van der Waals surface area contributed by atoms with Gasteiger partial charge < -0.3 is 5.32 Å². The fraction of sp³-hybridized carbons (Fsp3) is 0.389. The van der Waals surface area contributed by atoms with Crippen LogP contribution in [0.15, 0.2) is 46.0 Å². The smallest absolute Gasteiger partial charge is 0.253 e. The number of carbonyl (C=O) groups excluding carboxylic acids is 1. The summed E-state index contributed by atoms with van der Waals surface area (Å²) in [6.07, 6.45) is 0.378. The first-order chi connectivity index (χ1) is 11.7. The molecule has 0 radical (unpaired) electrons. The van der Waals surface area contributed by atoms with Gasteiger partial charge in [-0.1, -0.05) is 30.3 Å². The van der Waals surface area contributed by atoms with Gasteiger partial charge in [0.2, 0.25) is 5.91 Å². The molecule has 7 heteroatoms. The molecule has 1 aliphatic heterocycles. The Morgan fingerprint density at radius 1 is 1.16 bits per heavy atom. The van der Waals surface area contributed by atoms with Gasteiger partial charge in [0.15, 0.2) is 0 Å². The van der Waals surface area contributed by atoms with Crippen molar-refractivity contribution >= 4 is 27.3 Å². The van der Waals surface area contributed by atoms with Crippen molar-refractivity contribution in [1.82, 2.24) is 9.62 Å². The highest BCUT2D eigenvalue weighted by atomic mass is 32.2. The van der Waals surface area contributed by atoms with Crippen molar-refractivity contribution in [3.8, 4) is 0 Å². The molecule has 134 valence electrons. The van der Waals surface area contributed by atoms with E-state index in [0.717, 1.165) is 11.1 Å². The number of fused-ring (bicyclic) bond motifs is 1. The summed E-state index contributed by atoms with van der Waals surface area (Å²) >= 11 is 1.17. The first kappa shape index (κ1) is 18.1. The third-order valence-corrected chi connectivity index (χ3v) is 7.29. The molecule has 0 aliphatic carbocycles. The molecule has 1 amide bonds. The van der Waals surface area contributed by atoms with Crippen molar-refractivity contribution in [2.45, 2.75) is 49.5 Å². The first-order valence-electron chi connectivity index (χ1n) is 8.13. The van der Waals surface area contributed by atoms with Crippen molar-refractivity contribution < 1.29 is 13.2 Å². The van der Waals surface area contributed by atoms with Gasteiger partial charge in [-0.3, -0.25) is 4.79 Å². The minimum Gasteiger partial charge on any atom is -0.350 e. The molecule has 0 fully saturated rings. The molecule has 1 unspecified atom stereocenters. The van der Waals surface area contributed by atoms with Gasteiger partial charge in [0.25, 0.3) is 10.0 Å². The molecule has 1 aromatic carbocycles. The number of nitrogens with one attached hydrogen (secondary N) is 1. The Labute approximate surface area is 152 Å². The summed E-state index contributed by atoms with van der Waals surface area (Å²) in [5.41, 5.74) is 1.54. The average Bonchev–Trinajstić information content (AvgIpc) is 3.07. The van der Waals surface area contributed by atoms with Crippen LogP contribution in [0, 0.1) is 0 Å². The van der Waals surface area contributed by atoms with Crippen LogP contribution in [0.1, 0.15) is 31.9 Å². The third-order valence-electron chi connectivity index (χ3n) is 4.06. The van der Waals surface area contributed by atoms with Crippen LogP contribution in [-0.4, -0.2) is 30.2 Å². The van der Waals surface area contributed by atoms with Crippen LogP contribution in [0.25, 0.3) is 0 Å². The van der Waals surface area contributed by atoms with Gasteiger partial charge in [-0.15, -0.1) is 11.3 Å². The fourth-order valence-electron chi connectivity index (χ4n) is 2.95. The van der Waals surface area contributed by atoms with Gasteiger partial charge in [-0.25, -0.2) is 8.42 Å². The van der Waals surface area contributed by atoms with E-state index in [-0.39, 0.29) is 16.7 Å². The highest BCUT2D eigenvalue weighted by Gasteiger charge is 2.40. The van der Waals surface area contributed by atoms with E-state index < -0.39 is 21.6 Å². The third kappa shape index (κ3) is 3.78. The molecule has 1 aliphatic rings. The maximum atomic E-state index is 13.1. The zero-order valence-corrected chi connectivity index (χ0v) is 16.2. The number of benzene rings is 1. The SMILES string of the molecule is CC(C)(C)NC(=O)C1Cc2ccccc2CN1S(=O)(=O)c1cccs1. The van der Waals surface area contributed by atoms with Crippen LogP contribution < -0.4 is 5.32 Å². The number of carbonyl (C=O) groups is 1. The minimum atomic E-state index is -3.72. The lowest BCUT2D eigenvalue weighted by molar-refractivity contribution is -0.126. The monoisotopic (exact) mass is 378 g/mol. The highest BCUT2D eigenvalue weighted by molar-refractivity contribution is 7.91. The predicted molar refractivity (Wildman–Crippen MR) is 98.9 cm³/mol. The standard InChI is InChI=1S/C18H22N2O3S2/c1-18(2,3)19-17(21)15-11-13-7-4-5-8-14(13)12-20(15)25(22,23)16-9-6-10-24-16/h4-10,15H,11-12H2,1-3H3,(H,19,21). The Morgan fingerprint density at radius 2 is 1.84 bits per heavy atom.